The standard InChI is InChI=1S/C14H12BrN3O4/c1-9(14(19)17-11-5-2-4-10(15)8-11)22-12-6-3-7-16-13(12)18(20)21/h2-9H,1H3,(H,17,19). The lowest BCUT2D eigenvalue weighted by Gasteiger charge is -2.14. The van der Waals surface area contributed by atoms with Gasteiger partial charge in [0.05, 0.1) is 0 Å². The Labute approximate surface area is 134 Å². The molecule has 2 rings (SSSR count). The van der Waals surface area contributed by atoms with Crippen LogP contribution in [0.3, 0.4) is 0 Å². The summed E-state index contributed by atoms with van der Waals surface area (Å²) in [6.07, 6.45) is 0.374. The molecule has 0 saturated heterocycles. The van der Waals surface area contributed by atoms with Crippen molar-refractivity contribution in [3.8, 4) is 5.75 Å². The van der Waals surface area contributed by atoms with Crippen LogP contribution >= 0.6 is 15.9 Å². The number of anilines is 1. The molecule has 0 aliphatic carbocycles. The molecule has 0 aliphatic rings. The highest BCUT2D eigenvalue weighted by atomic mass is 79.9. The lowest BCUT2D eigenvalue weighted by Crippen LogP contribution is -2.30. The van der Waals surface area contributed by atoms with Crippen LogP contribution in [-0.4, -0.2) is 21.9 Å². The average molecular weight is 366 g/mol. The molecule has 1 amide bonds. The van der Waals surface area contributed by atoms with Gasteiger partial charge in [0.15, 0.2) is 6.10 Å². The molecule has 7 nitrogen and oxygen atoms in total. The Hall–Kier alpha value is -2.48. The number of rotatable bonds is 5. The molecule has 22 heavy (non-hydrogen) atoms. The van der Waals surface area contributed by atoms with E-state index in [1.807, 2.05) is 6.07 Å². The molecule has 0 fully saturated rings. The third-order valence-electron chi connectivity index (χ3n) is 2.69. The number of nitrogens with zero attached hydrogens (tertiary/aromatic N) is 2. The first-order chi connectivity index (χ1) is 10.5. The fraction of sp³-hybridized carbons (Fsp3) is 0.143. The van der Waals surface area contributed by atoms with E-state index < -0.39 is 22.8 Å². The average Bonchev–Trinajstić information content (AvgIpc) is 2.47. The van der Waals surface area contributed by atoms with Crippen LogP contribution in [0, 0.1) is 10.1 Å². The van der Waals surface area contributed by atoms with Gasteiger partial charge >= 0.3 is 5.82 Å². The zero-order valence-corrected chi connectivity index (χ0v) is 13.1. The van der Waals surface area contributed by atoms with Crippen molar-refractivity contribution >= 4 is 33.3 Å². The maximum atomic E-state index is 12.1. The molecule has 0 spiro atoms. The van der Waals surface area contributed by atoms with E-state index in [-0.39, 0.29) is 5.75 Å². The van der Waals surface area contributed by atoms with Gasteiger partial charge in [-0.1, -0.05) is 22.0 Å². The van der Waals surface area contributed by atoms with E-state index in [0.29, 0.717) is 5.69 Å². The number of ether oxygens (including phenoxy) is 1. The molecule has 2 aromatic rings. The second-order valence-electron chi connectivity index (χ2n) is 4.34. The third kappa shape index (κ3) is 4.01. The summed E-state index contributed by atoms with van der Waals surface area (Å²) in [4.78, 5) is 25.9. The molecule has 1 heterocycles. The number of halogens is 1. The van der Waals surface area contributed by atoms with Gasteiger partial charge in [0.25, 0.3) is 5.91 Å². The molecule has 1 aromatic carbocycles. The van der Waals surface area contributed by atoms with Crippen molar-refractivity contribution in [2.24, 2.45) is 0 Å². The minimum Gasteiger partial charge on any atom is -0.473 e. The summed E-state index contributed by atoms with van der Waals surface area (Å²) in [5.74, 6) is -0.898. The van der Waals surface area contributed by atoms with Gasteiger partial charge in [-0.2, -0.15) is 0 Å². The Balaban J connectivity index is 2.07. The second kappa shape index (κ2) is 6.99. The number of nitro groups is 1. The Morgan fingerprint density at radius 3 is 2.86 bits per heavy atom. The van der Waals surface area contributed by atoms with E-state index in [9.17, 15) is 14.9 Å². The third-order valence-corrected chi connectivity index (χ3v) is 3.18. The normalized spacial score (nSPS) is 11.5. The van der Waals surface area contributed by atoms with Crippen molar-refractivity contribution < 1.29 is 14.5 Å². The van der Waals surface area contributed by atoms with Crippen molar-refractivity contribution in [1.29, 1.82) is 0 Å². The van der Waals surface area contributed by atoms with Crippen molar-refractivity contribution in [3.63, 3.8) is 0 Å². The number of aromatic nitrogens is 1. The van der Waals surface area contributed by atoms with Gasteiger partial charge in [0, 0.05) is 10.2 Å². The summed E-state index contributed by atoms with van der Waals surface area (Å²) in [5.41, 5.74) is 0.593. The summed E-state index contributed by atoms with van der Waals surface area (Å²) in [5, 5.41) is 13.5. The molecule has 1 N–H and O–H groups in total. The summed E-state index contributed by atoms with van der Waals surface area (Å²) >= 11 is 3.30. The summed E-state index contributed by atoms with van der Waals surface area (Å²) in [7, 11) is 0. The number of carbonyl (C=O) groups is 1. The topological polar surface area (TPSA) is 94.4 Å². The van der Waals surface area contributed by atoms with Crippen molar-refractivity contribution in [2.75, 3.05) is 5.32 Å². The molecule has 0 saturated carbocycles. The van der Waals surface area contributed by atoms with Gasteiger partial charge in [-0.25, -0.2) is 0 Å². The predicted molar refractivity (Wildman–Crippen MR) is 83.8 cm³/mol. The van der Waals surface area contributed by atoms with Crippen molar-refractivity contribution in [3.05, 3.63) is 57.2 Å². The predicted octanol–water partition coefficient (Wildman–Crippen LogP) is 3.16. The first-order valence-corrected chi connectivity index (χ1v) is 7.09. The van der Waals surface area contributed by atoms with Gasteiger partial charge in [-0.3, -0.25) is 4.79 Å². The Kier molecular flexibility index (Phi) is 5.05. The second-order valence-corrected chi connectivity index (χ2v) is 5.26. The number of nitrogens with one attached hydrogen (secondary N) is 1. The van der Waals surface area contributed by atoms with Crippen LogP contribution in [0.4, 0.5) is 11.5 Å². The molecule has 1 aromatic heterocycles. The molecule has 114 valence electrons. The van der Waals surface area contributed by atoms with Crippen LogP contribution in [0.25, 0.3) is 0 Å². The van der Waals surface area contributed by atoms with Gasteiger partial charge in [0.2, 0.25) is 5.75 Å². The molecule has 0 radical (unpaired) electrons. The highest BCUT2D eigenvalue weighted by Crippen LogP contribution is 2.24. The van der Waals surface area contributed by atoms with E-state index >= 15 is 0 Å². The molecule has 0 aliphatic heterocycles. The Morgan fingerprint density at radius 1 is 1.41 bits per heavy atom. The van der Waals surface area contributed by atoms with Crippen molar-refractivity contribution in [2.45, 2.75) is 13.0 Å². The van der Waals surface area contributed by atoms with Crippen LogP contribution in [0.15, 0.2) is 47.1 Å². The summed E-state index contributed by atoms with van der Waals surface area (Å²) in [6.45, 7) is 1.50. The first-order valence-electron chi connectivity index (χ1n) is 6.30. The van der Waals surface area contributed by atoms with E-state index in [1.165, 1.54) is 25.3 Å². The fourth-order valence-corrected chi connectivity index (χ4v) is 2.06. The molecule has 1 atom stereocenters. The maximum absolute atomic E-state index is 12.1. The monoisotopic (exact) mass is 365 g/mol. The molecule has 0 bridgehead atoms. The maximum Gasteiger partial charge on any atom is 0.406 e. The van der Waals surface area contributed by atoms with Gasteiger partial charge < -0.3 is 20.2 Å². The number of benzene rings is 1. The van der Waals surface area contributed by atoms with E-state index in [4.69, 9.17) is 4.74 Å². The number of carbonyl (C=O) groups excluding carboxylic acids is 1. The molecule has 8 heteroatoms. The largest absolute Gasteiger partial charge is 0.473 e. The first kappa shape index (κ1) is 15.9. The SMILES string of the molecule is CC(Oc1cccnc1[N+](=O)[O-])C(=O)Nc1cccc(Br)c1. The number of amides is 1. The van der Waals surface area contributed by atoms with Crippen LogP contribution in [0.1, 0.15) is 6.92 Å². The van der Waals surface area contributed by atoms with Crippen LogP contribution in [0.5, 0.6) is 5.75 Å². The molecule has 1 unspecified atom stereocenters. The highest BCUT2D eigenvalue weighted by molar-refractivity contribution is 9.10. The highest BCUT2D eigenvalue weighted by Gasteiger charge is 2.21. The van der Waals surface area contributed by atoms with E-state index in [1.54, 1.807) is 18.2 Å². The lowest BCUT2D eigenvalue weighted by atomic mass is 10.3. The minimum absolute atomic E-state index is 0.0515. The minimum atomic E-state index is -0.915. The number of pyridine rings is 1. The molecular weight excluding hydrogens is 354 g/mol. The van der Waals surface area contributed by atoms with Gasteiger partial charge in [0.1, 0.15) is 6.20 Å². The van der Waals surface area contributed by atoms with Gasteiger partial charge in [-0.15, -0.1) is 0 Å². The van der Waals surface area contributed by atoms with Crippen LogP contribution < -0.4 is 10.1 Å². The Morgan fingerprint density at radius 2 is 2.18 bits per heavy atom. The van der Waals surface area contributed by atoms with Crippen LogP contribution in [-0.2, 0) is 4.79 Å². The zero-order chi connectivity index (χ0) is 16.1. The van der Waals surface area contributed by atoms with E-state index in [0.717, 1.165) is 4.47 Å². The van der Waals surface area contributed by atoms with Crippen molar-refractivity contribution in [1.82, 2.24) is 4.98 Å². The Bertz CT molecular complexity index is 708. The zero-order valence-electron chi connectivity index (χ0n) is 11.5. The summed E-state index contributed by atoms with van der Waals surface area (Å²) in [6, 6.07) is 9.96. The quantitative estimate of drug-likeness (QED) is 0.648. The van der Waals surface area contributed by atoms with E-state index in [2.05, 4.69) is 26.2 Å². The van der Waals surface area contributed by atoms with Crippen LogP contribution in [0.2, 0.25) is 0 Å². The fourth-order valence-electron chi connectivity index (χ4n) is 1.67. The van der Waals surface area contributed by atoms with Gasteiger partial charge in [-0.05, 0) is 47.2 Å². The number of hydrogen-bond acceptors (Lipinski definition) is 5. The number of hydrogen-bond donors (Lipinski definition) is 1. The lowest BCUT2D eigenvalue weighted by molar-refractivity contribution is -0.390. The summed E-state index contributed by atoms with van der Waals surface area (Å²) < 4.78 is 6.16. The smallest absolute Gasteiger partial charge is 0.406 e. The molecular formula is C14H12BrN3O4.